The van der Waals surface area contributed by atoms with Crippen LogP contribution in [0.25, 0.3) is 0 Å². The Morgan fingerprint density at radius 1 is 1.39 bits per heavy atom. The fourth-order valence-corrected chi connectivity index (χ4v) is 3.28. The van der Waals surface area contributed by atoms with Gasteiger partial charge in [0.15, 0.2) is 5.76 Å². The van der Waals surface area contributed by atoms with E-state index in [1.54, 1.807) is 13.4 Å². The molecule has 0 aromatic heterocycles. The summed E-state index contributed by atoms with van der Waals surface area (Å²) in [5.41, 5.74) is 9.82. The molecule has 1 aliphatic carbocycles. The minimum atomic E-state index is -0.0383. The Kier molecular flexibility index (Phi) is 3.06. The summed E-state index contributed by atoms with van der Waals surface area (Å²) in [5.74, 6) is 0.814. The minimum absolute atomic E-state index is 0.0383. The number of hydrogen-bond acceptors (Lipinski definition) is 3. The second-order valence-corrected chi connectivity index (χ2v) is 6.36. The molecule has 100 valence electrons. The van der Waals surface area contributed by atoms with Gasteiger partial charge in [0.05, 0.1) is 13.4 Å². The van der Waals surface area contributed by atoms with E-state index in [1.165, 1.54) is 16.7 Å². The lowest BCUT2D eigenvalue weighted by molar-refractivity contribution is 0.263. The number of rotatable bonds is 3. The summed E-state index contributed by atoms with van der Waals surface area (Å²) < 4.78 is 10.8. The van der Waals surface area contributed by atoms with Crippen LogP contribution in [-0.4, -0.2) is 13.7 Å². The zero-order chi connectivity index (χ0) is 13.6. The van der Waals surface area contributed by atoms with Gasteiger partial charge in [-0.05, 0) is 28.4 Å². The van der Waals surface area contributed by atoms with E-state index in [0.29, 0.717) is 6.54 Å². The molecule has 3 nitrogen and oxygen atoms in total. The van der Waals surface area contributed by atoms with Gasteiger partial charge >= 0.3 is 0 Å². The molecule has 0 aromatic rings. The lowest BCUT2D eigenvalue weighted by Crippen LogP contribution is -2.32. The van der Waals surface area contributed by atoms with Crippen molar-refractivity contribution < 1.29 is 9.47 Å². The molecule has 0 saturated carbocycles. The van der Waals surface area contributed by atoms with E-state index in [4.69, 9.17) is 15.2 Å². The molecule has 18 heavy (non-hydrogen) atoms. The number of nitrogens with two attached hydrogens (primary N) is 1. The molecular weight excluding hydrogens is 226 g/mol. The highest BCUT2D eigenvalue weighted by Gasteiger charge is 2.45. The summed E-state index contributed by atoms with van der Waals surface area (Å²) in [4.78, 5) is 0. The lowest BCUT2D eigenvalue weighted by atomic mass is 9.70. The van der Waals surface area contributed by atoms with Crippen LogP contribution in [0.15, 0.2) is 35.0 Å². The van der Waals surface area contributed by atoms with Crippen LogP contribution in [-0.2, 0) is 9.47 Å². The maximum absolute atomic E-state index is 5.97. The van der Waals surface area contributed by atoms with Gasteiger partial charge in [-0.3, -0.25) is 0 Å². The molecule has 3 heteroatoms. The largest absolute Gasteiger partial charge is 0.493 e. The van der Waals surface area contributed by atoms with Crippen LogP contribution in [0.1, 0.15) is 34.1 Å². The second kappa shape index (κ2) is 4.16. The van der Waals surface area contributed by atoms with Gasteiger partial charge < -0.3 is 15.2 Å². The van der Waals surface area contributed by atoms with Crippen LogP contribution >= 0.6 is 0 Å². The third-order valence-electron chi connectivity index (χ3n) is 3.92. The van der Waals surface area contributed by atoms with Crippen LogP contribution < -0.4 is 5.73 Å². The molecule has 0 amide bonds. The van der Waals surface area contributed by atoms with Gasteiger partial charge in [-0.25, -0.2) is 0 Å². The van der Waals surface area contributed by atoms with Crippen molar-refractivity contribution in [1.29, 1.82) is 0 Å². The molecule has 0 fully saturated rings. The first-order valence-electron chi connectivity index (χ1n) is 6.38. The normalized spacial score (nSPS) is 22.1. The highest BCUT2D eigenvalue weighted by molar-refractivity contribution is 5.56. The molecule has 0 saturated heterocycles. The van der Waals surface area contributed by atoms with E-state index in [9.17, 15) is 0 Å². The maximum atomic E-state index is 5.97. The maximum Gasteiger partial charge on any atom is 0.161 e. The number of fused-ring (bicyclic) bond motifs is 1. The highest BCUT2D eigenvalue weighted by Crippen LogP contribution is 2.55. The molecule has 2 N–H and O–H groups in total. The average molecular weight is 249 g/mol. The summed E-state index contributed by atoms with van der Waals surface area (Å²) in [5, 5.41) is 0. The third kappa shape index (κ3) is 1.87. The van der Waals surface area contributed by atoms with Crippen molar-refractivity contribution >= 4 is 0 Å². The van der Waals surface area contributed by atoms with E-state index < -0.39 is 0 Å². The Bertz CT molecular complexity index is 453. The molecule has 0 atom stereocenters. The van der Waals surface area contributed by atoms with Crippen LogP contribution in [0.3, 0.4) is 0 Å². The molecule has 0 bridgehead atoms. The Morgan fingerprint density at radius 2 is 2.06 bits per heavy atom. The topological polar surface area (TPSA) is 44.5 Å². The molecule has 0 radical (unpaired) electrons. The van der Waals surface area contributed by atoms with E-state index in [2.05, 4.69) is 27.7 Å². The standard InChI is InChI=1S/C15H23NO2/c1-14(2)6-10-7-18-8-11(17-5)12(10)13(14)15(3,4)9-16/h7-8H,6,9,16H2,1-5H3. The first-order valence-corrected chi connectivity index (χ1v) is 6.38. The molecule has 2 aliphatic rings. The van der Waals surface area contributed by atoms with E-state index in [-0.39, 0.29) is 10.8 Å². The smallest absolute Gasteiger partial charge is 0.161 e. The number of allylic oxidation sites excluding steroid dienone is 1. The van der Waals surface area contributed by atoms with Crippen molar-refractivity contribution in [3.05, 3.63) is 35.0 Å². The fraction of sp³-hybridized carbons (Fsp3) is 0.600. The fourth-order valence-electron chi connectivity index (χ4n) is 3.28. The summed E-state index contributed by atoms with van der Waals surface area (Å²) in [6, 6.07) is 0. The van der Waals surface area contributed by atoms with Crippen LogP contribution in [0.4, 0.5) is 0 Å². The predicted molar refractivity (Wildman–Crippen MR) is 72.5 cm³/mol. The number of methoxy groups -OCH3 is 1. The monoisotopic (exact) mass is 249 g/mol. The van der Waals surface area contributed by atoms with Crippen molar-refractivity contribution in [2.24, 2.45) is 16.6 Å². The van der Waals surface area contributed by atoms with Crippen LogP contribution in [0, 0.1) is 10.8 Å². The van der Waals surface area contributed by atoms with Crippen molar-refractivity contribution in [3.63, 3.8) is 0 Å². The van der Waals surface area contributed by atoms with Crippen LogP contribution in [0.2, 0.25) is 0 Å². The molecule has 0 unspecified atom stereocenters. The van der Waals surface area contributed by atoms with Crippen molar-refractivity contribution in [3.8, 4) is 0 Å². The predicted octanol–water partition coefficient (Wildman–Crippen LogP) is 3.10. The molecule has 1 heterocycles. The third-order valence-corrected chi connectivity index (χ3v) is 3.92. The molecule has 0 spiro atoms. The van der Waals surface area contributed by atoms with Crippen LogP contribution in [0.5, 0.6) is 0 Å². The Morgan fingerprint density at radius 3 is 2.61 bits per heavy atom. The van der Waals surface area contributed by atoms with Gasteiger partial charge in [0.2, 0.25) is 0 Å². The minimum Gasteiger partial charge on any atom is -0.493 e. The Balaban J connectivity index is 2.64. The molecule has 2 rings (SSSR count). The van der Waals surface area contributed by atoms with Gasteiger partial charge in [0.1, 0.15) is 6.26 Å². The number of ether oxygens (including phenoxy) is 2. The van der Waals surface area contributed by atoms with Crippen molar-refractivity contribution in [1.82, 2.24) is 0 Å². The van der Waals surface area contributed by atoms with Crippen molar-refractivity contribution in [2.75, 3.05) is 13.7 Å². The average Bonchev–Trinajstić information content (AvgIpc) is 2.58. The van der Waals surface area contributed by atoms with E-state index >= 15 is 0 Å². The number of hydrogen-bond donors (Lipinski definition) is 1. The Labute approximate surface area is 109 Å². The summed E-state index contributed by atoms with van der Waals surface area (Å²) >= 11 is 0. The van der Waals surface area contributed by atoms with Gasteiger partial charge in [0, 0.05) is 12.1 Å². The SMILES string of the molecule is COC1=COC=C2CC(C)(C)C(C(C)(C)CN)=C21. The molecular formula is C15H23NO2. The highest BCUT2D eigenvalue weighted by atomic mass is 16.5. The van der Waals surface area contributed by atoms with E-state index in [0.717, 1.165) is 12.2 Å². The quantitative estimate of drug-likeness (QED) is 0.836. The van der Waals surface area contributed by atoms with Gasteiger partial charge in [-0.15, -0.1) is 0 Å². The Hall–Kier alpha value is -1.22. The summed E-state index contributed by atoms with van der Waals surface area (Å²) in [6.07, 6.45) is 4.48. The van der Waals surface area contributed by atoms with Gasteiger partial charge in [-0.1, -0.05) is 27.7 Å². The first-order chi connectivity index (χ1) is 8.33. The molecule has 0 aromatic carbocycles. The lowest BCUT2D eigenvalue weighted by Gasteiger charge is -2.35. The second-order valence-electron chi connectivity index (χ2n) is 6.36. The summed E-state index contributed by atoms with van der Waals surface area (Å²) in [6.45, 7) is 9.55. The molecule has 1 aliphatic heterocycles. The van der Waals surface area contributed by atoms with Gasteiger partial charge in [0.25, 0.3) is 0 Å². The first kappa shape index (κ1) is 13.2. The summed E-state index contributed by atoms with van der Waals surface area (Å²) in [7, 11) is 1.68. The van der Waals surface area contributed by atoms with Gasteiger partial charge in [-0.2, -0.15) is 0 Å². The zero-order valence-electron chi connectivity index (χ0n) is 12.0. The van der Waals surface area contributed by atoms with E-state index in [1.807, 2.05) is 6.26 Å². The zero-order valence-corrected chi connectivity index (χ0v) is 12.0. The van der Waals surface area contributed by atoms with Crippen molar-refractivity contribution in [2.45, 2.75) is 34.1 Å².